The van der Waals surface area contributed by atoms with Gasteiger partial charge in [0.1, 0.15) is 10.1 Å². The van der Waals surface area contributed by atoms with Gasteiger partial charge >= 0.3 is 17.2 Å². The maximum absolute atomic E-state index is 11.0. The molecule has 0 atom stereocenters. The van der Waals surface area contributed by atoms with E-state index in [2.05, 4.69) is 4.84 Å². The van der Waals surface area contributed by atoms with Crippen molar-refractivity contribution in [3.63, 3.8) is 0 Å². The average molecular weight is 244 g/mol. The summed E-state index contributed by atoms with van der Waals surface area (Å²) in [4.78, 5) is 36.1. The van der Waals surface area contributed by atoms with Gasteiger partial charge in [-0.2, -0.15) is 0 Å². The second kappa shape index (κ2) is 3.53. The molecule has 2 amide bonds. The van der Waals surface area contributed by atoms with Crippen LogP contribution in [0.2, 0.25) is 0 Å². The third kappa shape index (κ3) is 1.77. The van der Waals surface area contributed by atoms with Crippen molar-refractivity contribution < 1.29 is 19.2 Å². The molecule has 0 fully saturated rings. The second-order valence-electron chi connectivity index (χ2n) is 1.86. The minimum atomic E-state index is -1.34. The van der Waals surface area contributed by atoms with E-state index in [1.807, 2.05) is 0 Å². The molecule has 13 heavy (non-hydrogen) atoms. The van der Waals surface area contributed by atoms with Gasteiger partial charge in [0.05, 0.1) is 0 Å². The van der Waals surface area contributed by atoms with Gasteiger partial charge in [-0.25, -0.2) is 4.79 Å². The first-order chi connectivity index (χ1) is 5.95. The normalized spacial score (nSPS) is 17.0. The Hall–Kier alpha value is -0.780. The minimum Gasteiger partial charge on any atom is -0.314 e. The molecule has 1 rings (SSSR count). The number of rotatable bonds is 1. The van der Waals surface area contributed by atoms with Gasteiger partial charge in [-0.15, -0.1) is 0 Å². The number of hydrogen-bond acceptors (Lipinski definition) is 4. The fourth-order valence-electron chi connectivity index (χ4n) is 0.613. The number of carbonyl (C=O) groups is 3. The third-order valence-electron chi connectivity index (χ3n) is 1.10. The van der Waals surface area contributed by atoms with Crippen LogP contribution < -0.4 is 0 Å². The molecule has 1 aliphatic heterocycles. The number of imide groups is 1. The molecule has 1 heterocycles. The van der Waals surface area contributed by atoms with Gasteiger partial charge in [-0.1, -0.05) is 28.3 Å². The zero-order valence-electron chi connectivity index (χ0n) is 5.71. The Morgan fingerprint density at radius 2 is 1.54 bits per heavy atom. The summed E-state index contributed by atoms with van der Waals surface area (Å²) in [6.07, 6.45) is 0. The van der Waals surface area contributed by atoms with Crippen molar-refractivity contribution >= 4 is 52.0 Å². The lowest BCUT2D eigenvalue weighted by Crippen LogP contribution is -2.32. The molecule has 0 bridgehead atoms. The molecule has 0 saturated heterocycles. The first-order valence-electron chi connectivity index (χ1n) is 2.76. The molecule has 0 aromatic rings. The Morgan fingerprint density at radius 3 is 1.85 bits per heavy atom. The van der Waals surface area contributed by atoms with Gasteiger partial charge in [0.15, 0.2) is 0 Å². The molecule has 0 saturated carbocycles. The summed E-state index contributed by atoms with van der Waals surface area (Å²) in [6, 6.07) is 0. The second-order valence-corrected chi connectivity index (χ2v) is 2.93. The molecule has 0 N–H and O–H groups in total. The van der Waals surface area contributed by atoms with Crippen molar-refractivity contribution in [2.75, 3.05) is 0 Å². The van der Waals surface area contributed by atoms with Crippen LogP contribution in [0.25, 0.3) is 0 Å². The summed E-state index contributed by atoms with van der Waals surface area (Å²) >= 11 is 15.3. The highest BCUT2D eigenvalue weighted by Crippen LogP contribution is 2.26. The van der Waals surface area contributed by atoms with Crippen LogP contribution in [0.15, 0.2) is 10.1 Å². The molecule has 0 radical (unpaired) electrons. The van der Waals surface area contributed by atoms with Crippen molar-refractivity contribution in [1.82, 2.24) is 5.06 Å². The molecule has 0 unspecified atom stereocenters. The highest BCUT2D eigenvalue weighted by molar-refractivity contribution is 6.62. The summed E-state index contributed by atoms with van der Waals surface area (Å²) in [6.45, 7) is 0. The smallest absolute Gasteiger partial charge is 0.314 e. The van der Waals surface area contributed by atoms with Crippen LogP contribution in [-0.4, -0.2) is 22.3 Å². The highest BCUT2D eigenvalue weighted by Gasteiger charge is 2.39. The maximum Gasteiger partial charge on any atom is 0.428 e. The van der Waals surface area contributed by atoms with E-state index in [0.717, 1.165) is 0 Å². The molecular weight excluding hydrogens is 244 g/mol. The Labute approximate surface area is 86.7 Å². The van der Waals surface area contributed by atoms with Crippen molar-refractivity contribution in [3.05, 3.63) is 10.1 Å². The van der Waals surface area contributed by atoms with E-state index in [1.165, 1.54) is 0 Å². The van der Waals surface area contributed by atoms with Gasteiger partial charge in [0.25, 0.3) is 0 Å². The summed E-state index contributed by atoms with van der Waals surface area (Å²) in [5, 5.41) is -0.936. The molecule has 70 valence electrons. The van der Waals surface area contributed by atoms with Crippen molar-refractivity contribution in [2.45, 2.75) is 0 Å². The number of hydrogen-bond donors (Lipinski definition) is 0. The van der Waals surface area contributed by atoms with Crippen LogP contribution in [0, 0.1) is 0 Å². The summed E-state index contributed by atoms with van der Waals surface area (Å²) in [5.41, 5.74) is -1.34. The number of carbonyl (C=O) groups excluding carboxylic acids is 3. The molecule has 8 heteroatoms. The van der Waals surface area contributed by atoms with Gasteiger partial charge in [-0.05, 0) is 0 Å². The van der Waals surface area contributed by atoms with Crippen molar-refractivity contribution in [3.8, 4) is 0 Å². The predicted octanol–water partition coefficient (Wildman–Crippen LogP) is 1.33. The summed E-state index contributed by atoms with van der Waals surface area (Å²) in [5.74, 6) is -2.05. The molecule has 0 aromatic heterocycles. The highest BCUT2D eigenvalue weighted by atomic mass is 35.5. The van der Waals surface area contributed by atoms with Crippen LogP contribution in [0.5, 0.6) is 0 Å². The van der Waals surface area contributed by atoms with E-state index in [-0.39, 0.29) is 5.06 Å². The lowest BCUT2D eigenvalue weighted by Gasteiger charge is -2.09. The molecule has 0 spiro atoms. The van der Waals surface area contributed by atoms with Gasteiger partial charge < -0.3 is 4.84 Å². The van der Waals surface area contributed by atoms with Crippen molar-refractivity contribution in [2.24, 2.45) is 0 Å². The van der Waals surface area contributed by atoms with E-state index >= 15 is 0 Å². The molecule has 1 aliphatic rings. The van der Waals surface area contributed by atoms with E-state index < -0.39 is 27.3 Å². The van der Waals surface area contributed by atoms with Gasteiger partial charge in [0, 0.05) is 11.6 Å². The van der Waals surface area contributed by atoms with Crippen LogP contribution in [-0.2, 0) is 14.4 Å². The Kier molecular flexibility index (Phi) is 2.80. The monoisotopic (exact) mass is 243 g/mol. The quantitative estimate of drug-likeness (QED) is 0.516. The average Bonchev–Trinajstić information content (AvgIpc) is 2.22. The number of halogens is 3. The fourth-order valence-corrected chi connectivity index (χ4v) is 0.997. The predicted molar refractivity (Wildman–Crippen MR) is 42.9 cm³/mol. The SMILES string of the molecule is O=C(Cl)ON1C(=O)C(Cl)=C(Cl)C1=O. The third-order valence-corrected chi connectivity index (χ3v) is 1.97. The van der Waals surface area contributed by atoms with E-state index in [0.29, 0.717) is 0 Å². The van der Waals surface area contributed by atoms with Crippen LogP contribution >= 0.6 is 34.8 Å². The van der Waals surface area contributed by atoms with Gasteiger partial charge in [0.2, 0.25) is 0 Å². The topological polar surface area (TPSA) is 63.7 Å². The zero-order valence-corrected chi connectivity index (χ0v) is 7.98. The Bertz CT molecular complexity index is 313. The van der Waals surface area contributed by atoms with Gasteiger partial charge in [-0.3, -0.25) is 9.59 Å². The largest absolute Gasteiger partial charge is 0.428 e. The number of nitrogens with zero attached hydrogens (tertiary/aromatic N) is 1. The van der Waals surface area contributed by atoms with Crippen LogP contribution in [0.3, 0.4) is 0 Å². The number of amides is 2. The van der Waals surface area contributed by atoms with Crippen molar-refractivity contribution in [1.29, 1.82) is 0 Å². The van der Waals surface area contributed by atoms with Crippen LogP contribution in [0.1, 0.15) is 0 Å². The Balaban J connectivity index is 2.91. The first kappa shape index (κ1) is 10.3. The van der Waals surface area contributed by atoms with E-state index in [4.69, 9.17) is 34.8 Å². The lowest BCUT2D eigenvalue weighted by atomic mass is 10.5. The standard InChI is InChI=1S/C5Cl3NO4/c6-1-2(7)4(11)9(3(1)10)13-5(8)12. The molecular formula is C5Cl3NO4. The molecule has 0 aliphatic carbocycles. The van der Waals surface area contributed by atoms with E-state index in [1.54, 1.807) is 0 Å². The molecule has 0 aromatic carbocycles. The zero-order chi connectivity index (χ0) is 10.2. The summed E-state index contributed by atoms with van der Waals surface area (Å²) in [7, 11) is 0. The molecule has 5 nitrogen and oxygen atoms in total. The summed E-state index contributed by atoms with van der Waals surface area (Å²) < 4.78 is 0. The fraction of sp³-hybridized carbons (Fsp3) is 0. The first-order valence-corrected chi connectivity index (χ1v) is 3.90. The maximum atomic E-state index is 11.0. The minimum absolute atomic E-state index is 0.0833. The Morgan fingerprint density at radius 1 is 1.15 bits per heavy atom. The lowest BCUT2D eigenvalue weighted by molar-refractivity contribution is -0.167. The number of hydroxylamine groups is 2. The van der Waals surface area contributed by atoms with Crippen LogP contribution in [0.4, 0.5) is 4.79 Å². The van der Waals surface area contributed by atoms with E-state index in [9.17, 15) is 14.4 Å².